The summed E-state index contributed by atoms with van der Waals surface area (Å²) in [7, 11) is 0. The van der Waals surface area contributed by atoms with E-state index < -0.39 is 0 Å². The quantitative estimate of drug-likeness (QED) is 0.873. The third kappa shape index (κ3) is 3.33. The normalized spacial score (nSPS) is 28.4. The van der Waals surface area contributed by atoms with Gasteiger partial charge in [0.25, 0.3) is 0 Å². The van der Waals surface area contributed by atoms with Gasteiger partial charge in [0.05, 0.1) is 5.41 Å². The summed E-state index contributed by atoms with van der Waals surface area (Å²) in [5.74, 6) is 0.355. The van der Waals surface area contributed by atoms with Gasteiger partial charge in [-0.2, -0.15) is 0 Å². The summed E-state index contributed by atoms with van der Waals surface area (Å²) in [5.41, 5.74) is 2.29. The molecule has 0 unspecified atom stereocenters. The molecular formula is C23H34N4O. The lowest BCUT2D eigenvalue weighted by Crippen LogP contribution is -2.42. The van der Waals surface area contributed by atoms with E-state index in [4.69, 9.17) is 0 Å². The van der Waals surface area contributed by atoms with Crippen molar-refractivity contribution in [3.05, 3.63) is 24.3 Å². The van der Waals surface area contributed by atoms with Gasteiger partial charge in [0.1, 0.15) is 0 Å². The summed E-state index contributed by atoms with van der Waals surface area (Å²) in [6.45, 7) is 7.70. The lowest BCUT2D eigenvalue weighted by Gasteiger charge is -2.32. The zero-order valence-electron chi connectivity index (χ0n) is 17.0. The van der Waals surface area contributed by atoms with E-state index in [-0.39, 0.29) is 5.41 Å². The van der Waals surface area contributed by atoms with Crippen molar-refractivity contribution in [2.75, 3.05) is 55.6 Å². The Hall–Kier alpha value is -1.59. The van der Waals surface area contributed by atoms with Crippen molar-refractivity contribution in [3.63, 3.8) is 0 Å². The highest BCUT2D eigenvalue weighted by atomic mass is 16.2. The number of likely N-dealkylation sites (tertiary alicyclic amines) is 1. The number of carbonyl (C=O) groups excluding carboxylic acids is 1. The second kappa shape index (κ2) is 7.68. The van der Waals surface area contributed by atoms with Crippen molar-refractivity contribution in [3.8, 4) is 0 Å². The molecule has 152 valence electrons. The first-order valence-corrected chi connectivity index (χ1v) is 11.4. The first-order valence-electron chi connectivity index (χ1n) is 11.4. The molecule has 0 bridgehead atoms. The van der Waals surface area contributed by atoms with Gasteiger partial charge in [-0.15, -0.1) is 0 Å². The summed E-state index contributed by atoms with van der Waals surface area (Å²) in [5, 5.41) is 3.40. The van der Waals surface area contributed by atoms with Crippen LogP contribution in [0.5, 0.6) is 0 Å². The largest absolute Gasteiger partial charge is 0.370 e. The zero-order chi connectivity index (χ0) is 19.0. The molecule has 0 aliphatic carbocycles. The third-order valence-electron chi connectivity index (χ3n) is 7.67. The van der Waals surface area contributed by atoms with E-state index in [0.717, 1.165) is 63.7 Å². The maximum atomic E-state index is 13.1. The predicted octanol–water partition coefficient (Wildman–Crippen LogP) is 2.86. The number of anilines is 2. The van der Waals surface area contributed by atoms with Crippen molar-refractivity contribution in [1.29, 1.82) is 0 Å². The fraction of sp³-hybridized carbons (Fsp3) is 0.696. The summed E-state index contributed by atoms with van der Waals surface area (Å²) >= 11 is 0. The Bertz CT molecular complexity index is 691. The molecule has 1 amide bonds. The van der Waals surface area contributed by atoms with Gasteiger partial charge in [-0.1, -0.05) is 6.42 Å². The highest BCUT2D eigenvalue weighted by Gasteiger charge is 2.47. The van der Waals surface area contributed by atoms with Gasteiger partial charge in [0.15, 0.2) is 0 Å². The van der Waals surface area contributed by atoms with Crippen LogP contribution in [0.25, 0.3) is 0 Å². The maximum absolute atomic E-state index is 13.1. The fourth-order valence-electron chi connectivity index (χ4n) is 5.84. The van der Waals surface area contributed by atoms with Gasteiger partial charge in [0, 0.05) is 37.1 Å². The standard InChI is InChI=1S/C23H34N4O/c28-22-23(9-12-24-13-10-23)11-17-27(22)20-6-4-19(5-7-20)26-16-8-21(18-26)25-14-2-1-3-15-25/h4-7,21,24H,1-3,8-18H2/t21-/m0/s1. The Morgan fingerprint density at radius 1 is 0.857 bits per heavy atom. The number of rotatable bonds is 3. The van der Waals surface area contributed by atoms with Gasteiger partial charge in [-0.3, -0.25) is 9.69 Å². The van der Waals surface area contributed by atoms with Gasteiger partial charge in [-0.05, 0) is 89.0 Å². The van der Waals surface area contributed by atoms with E-state index in [1.807, 2.05) is 4.90 Å². The van der Waals surface area contributed by atoms with Crippen LogP contribution in [0.15, 0.2) is 24.3 Å². The summed E-state index contributed by atoms with van der Waals surface area (Å²) in [6, 6.07) is 9.52. The summed E-state index contributed by atoms with van der Waals surface area (Å²) in [6.07, 6.45) is 8.42. The van der Waals surface area contributed by atoms with Crippen molar-refractivity contribution in [2.24, 2.45) is 5.41 Å². The minimum absolute atomic E-state index is 0.0967. The Balaban J connectivity index is 1.23. The smallest absolute Gasteiger partial charge is 0.233 e. The molecule has 4 aliphatic heterocycles. The third-order valence-corrected chi connectivity index (χ3v) is 7.67. The molecular weight excluding hydrogens is 348 g/mol. The van der Waals surface area contributed by atoms with Crippen LogP contribution in [0.3, 0.4) is 0 Å². The second-order valence-corrected chi connectivity index (χ2v) is 9.24. The molecule has 5 heteroatoms. The van der Waals surface area contributed by atoms with Crippen LogP contribution in [0.2, 0.25) is 0 Å². The van der Waals surface area contributed by atoms with Gasteiger partial charge in [-0.25, -0.2) is 0 Å². The van der Waals surface area contributed by atoms with Gasteiger partial charge >= 0.3 is 0 Å². The fourth-order valence-corrected chi connectivity index (χ4v) is 5.84. The SMILES string of the molecule is O=C1N(c2ccc(N3CC[C@H](N4CCCCC4)C3)cc2)CCC12CCNCC2. The minimum atomic E-state index is -0.0967. The monoisotopic (exact) mass is 382 g/mol. The predicted molar refractivity (Wildman–Crippen MR) is 114 cm³/mol. The van der Waals surface area contributed by atoms with E-state index in [1.54, 1.807) is 0 Å². The van der Waals surface area contributed by atoms with E-state index in [0.29, 0.717) is 5.91 Å². The van der Waals surface area contributed by atoms with E-state index in [9.17, 15) is 4.79 Å². The van der Waals surface area contributed by atoms with Crippen molar-refractivity contribution in [2.45, 2.75) is 51.0 Å². The van der Waals surface area contributed by atoms with Crippen LogP contribution in [-0.2, 0) is 4.79 Å². The number of nitrogens with zero attached hydrogens (tertiary/aromatic N) is 3. The van der Waals surface area contributed by atoms with E-state index in [2.05, 4.69) is 39.4 Å². The highest BCUT2D eigenvalue weighted by molar-refractivity contribution is 6.00. The van der Waals surface area contributed by atoms with Crippen LogP contribution < -0.4 is 15.1 Å². The van der Waals surface area contributed by atoms with Crippen molar-refractivity contribution in [1.82, 2.24) is 10.2 Å². The minimum Gasteiger partial charge on any atom is -0.370 e. The molecule has 0 saturated carbocycles. The molecule has 1 aromatic rings. The van der Waals surface area contributed by atoms with Crippen LogP contribution in [-0.4, -0.2) is 62.7 Å². The number of amides is 1. The average molecular weight is 383 g/mol. The molecule has 4 heterocycles. The molecule has 0 aromatic heterocycles. The van der Waals surface area contributed by atoms with Crippen LogP contribution in [0.4, 0.5) is 11.4 Å². The van der Waals surface area contributed by atoms with Gasteiger partial charge < -0.3 is 15.1 Å². The Morgan fingerprint density at radius 2 is 1.57 bits per heavy atom. The van der Waals surface area contributed by atoms with Crippen LogP contribution in [0.1, 0.15) is 44.9 Å². The Morgan fingerprint density at radius 3 is 2.32 bits per heavy atom. The first kappa shape index (κ1) is 18.4. The number of hydrogen-bond donors (Lipinski definition) is 1. The molecule has 1 atom stereocenters. The number of hydrogen-bond acceptors (Lipinski definition) is 4. The lowest BCUT2D eigenvalue weighted by molar-refractivity contribution is -0.126. The number of benzene rings is 1. The Labute approximate surface area is 169 Å². The molecule has 4 aliphatic rings. The number of nitrogens with one attached hydrogen (secondary N) is 1. The maximum Gasteiger partial charge on any atom is 0.233 e. The molecule has 4 saturated heterocycles. The topological polar surface area (TPSA) is 38.8 Å². The van der Waals surface area contributed by atoms with E-state index in [1.165, 1.54) is 44.5 Å². The van der Waals surface area contributed by atoms with Gasteiger partial charge in [0.2, 0.25) is 5.91 Å². The first-order chi connectivity index (χ1) is 13.8. The molecule has 1 spiro atoms. The molecule has 5 nitrogen and oxygen atoms in total. The zero-order valence-corrected chi connectivity index (χ0v) is 17.0. The summed E-state index contributed by atoms with van der Waals surface area (Å²) < 4.78 is 0. The van der Waals surface area contributed by atoms with Crippen molar-refractivity contribution >= 4 is 17.3 Å². The number of piperidine rings is 2. The molecule has 1 N–H and O–H groups in total. The summed E-state index contributed by atoms with van der Waals surface area (Å²) in [4.78, 5) is 20.4. The molecule has 4 fully saturated rings. The van der Waals surface area contributed by atoms with E-state index >= 15 is 0 Å². The molecule has 0 radical (unpaired) electrons. The second-order valence-electron chi connectivity index (χ2n) is 9.24. The van der Waals surface area contributed by atoms with Crippen LogP contribution >= 0.6 is 0 Å². The van der Waals surface area contributed by atoms with Crippen molar-refractivity contribution < 1.29 is 4.79 Å². The average Bonchev–Trinajstić information content (AvgIpc) is 3.36. The Kier molecular flexibility index (Phi) is 5.06. The van der Waals surface area contributed by atoms with Crippen LogP contribution in [0, 0.1) is 5.41 Å². The molecule has 1 aromatic carbocycles. The highest BCUT2D eigenvalue weighted by Crippen LogP contribution is 2.42. The molecule has 28 heavy (non-hydrogen) atoms. The molecule has 5 rings (SSSR count). The lowest BCUT2D eigenvalue weighted by atomic mass is 9.78. The number of carbonyl (C=O) groups is 1.